The van der Waals surface area contributed by atoms with Crippen LogP contribution < -0.4 is 0 Å². The van der Waals surface area contributed by atoms with E-state index in [1.807, 2.05) is 23.5 Å². The van der Waals surface area contributed by atoms with Crippen LogP contribution in [0.15, 0.2) is 0 Å². The fourth-order valence-electron chi connectivity index (χ4n) is 0.637. The number of hydrogen-bond donors (Lipinski definition) is 3. The monoisotopic (exact) mass is 274 g/mol. The molecule has 2 atom stereocenters. The average Bonchev–Trinajstić information content (AvgIpc) is 2.14. The van der Waals surface area contributed by atoms with E-state index in [2.05, 4.69) is 44.8 Å². The number of hydrogen-bond acceptors (Lipinski definition) is 5. The largest absolute Gasteiger partial charge is 0.179 e. The van der Waals surface area contributed by atoms with Crippen LogP contribution in [-0.2, 0) is 0 Å². The smallest absolute Gasteiger partial charge is 0.0563 e. The summed E-state index contributed by atoms with van der Waals surface area (Å²) in [4.78, 5) is 0. The summed E-state index contributed by atoms with van der Waals surface area (Å²) < 4.78 is 0.450. The Morgan fingerprint density at radius 1 is 1.23 bits per heavy atom. The van der Waals surface area contributed by atoms with Crippen LogP contribution in [0.1, 0.15) is 13.3 Å². The summed E-state index contributed by atoms with van der Waals surface area (Å²) in [5.41, 5.74) is 0. The number of thiol groups is 3. The van der Waals surface area contributed by atoms with Crippen molar-refractivity contribution in [3.05, 3.63) is 0 Å². The van der Waals surface area contributed by atoms with Crippen LogP contribution in [0.3, 0.4) is 0 Å². The third-order valence-electron chi connectivity index (χ3n) is 1.45. The van der Waals surface area contributed by atoms with E-state index in [0.29, 0.717) is 9.83 Å². The van der Waals surface area contributed by atoms with E-state index in [1.54, 1.807) is 0 Å². The normalized spacial score (nSPS) is 15.7. The van der Waals surface area contributed by atoms with Gasteiger partial charge in [0.25, 0.3) is 0 Å². The molecule has 0 radical (unpaired) electrons. The van der Waals surface area contributed by atoms with Gasteiger partial charge >= 0.3 is 0 Å². The lowest BCUT2D eigenvalue weighted by Gasteiger charge is -2.12. The predicted molar refractivity (Wildman–Crippen MR) is 79.5 cm³/mol. The van der Waals surface area contributed by atoms with Crippen LogP contribution >= 0.6 is 61.4 Å². The van der Waals surface area contributed by atoms with Crippen molar-refractivity contribution < 1.29 is 0 Å². The van der Waals surface area contributed by atoms with Gasteiger partial charge < -0.3 is 0 Å². The van der Waals surface area contributed by atoms with E-state index in [4.69, 9.17) is 0 Å². The molecule has 0 fully saturated rings. The van der Waals surface area contributed by atoms with Gasteiger partial charge in [-0.25, -0.2) is 0 Å². The maximum Gasteiger partial charge on any atom is 0.0563 e. The topological polar surface area (TPSA) is 0 Å². The molecule has 0 rings (SSSR count). The molecule has 0 heterocycles. The molecule has 2 unspecified atom stereocenters. The Labute approximate surface area is 107 Å². The molecule has 0 aromatic heterocycles. The molecule has 0 saturated carbocycles. The van der Waals surface area contributed by atoms with E-state index >= 15 is 0 Å². The molecule has 80 valence electrons. The van der Waals surface area contributed by atoms with Gasteiger partial charge in [-0.1, -0.05) is 6.92 Å². The molecule has 5 heteroatoms. The molecule has 13 heavy (non-hydrogen) atoms. The van der Waals surface area contributed by atoms with E-state index in [1.165, 1.54) is 0 Å². The van der Waals surface area contributed by atoms with E-state index in [0.717, 1.165) is 29.4 Å². The van der Waals surface area contributed by atoms with Crippen molar-refractivity contribution in [2.45, 2.75) is 23.2 Å². The van der Waals surface area contributed by atoms with E-state index in [-0.39, 0.29) is 0 Å². The highest BCUT2D eigenvalue weighted by molar-refractivity contribution is 8.12. The fourth-order valence-corrected chi connectivity index (χ4v) is 3.71. The minimum Gasteiger partial charge on any atom is -0.179 e. The maximum atomic E-state index is 4.50. The van der Waals surface area contributed by atoms with Gasteiger partial charge in [0.2, 0.25) is 0 Å². The molecule has 0 nitrogen and oxygen atoms in total. The van der Waals surface area contributed by atoms with Gasteiger partial charge in [0.15, 0.2) is 0 Å². The minimum atomic E-state index is 0.450. The van der Waals surface area contributed by atoms with Gasteiger partial charge in [0, 0.05) is 22.5 Å². The standard InChI is InChI=1S/C8H18S5/c1-2-7(10)5-13-8(11)6-12-4-3-9/h7-11H,2-6H2,1H3. The third kappa shape index (κ3) is 10.0. The molecule has 0 aromatic rings. The average molecular weight is 275 g/mol. The van der Waals surface area contributed by atoms with Crippen LogP contribution in [0.2, 0.25) is 0 Å². The second-order valence-corrected chi connectivity index (χ2v) is 7.18. The van der Waals surface area contributed by atoms with Gasteiger partial charge in [0.1, 0.15) is 0 Å². The van der Waals surface area contributed by atoms with Crippen molar-refractivity contribution in [2.24, 2.45) is 0 Å². The molecular weight excluding hydrogens is 256 g/mol. The second-order valence-electron chi connectivity index (χ2n) is 2.65. The number of thioether (sulfide) groups is 2. The van der Waals surface area contributed by atoms with E-state index < -0.39 is 0 Å². The Morgan fingerprint density at radius 3 is 2.46 bits per heavy atom. The van der Waals surface area contributed by atoms with Crippen molar-refractivity contribution in [3.8, 4) is 0 Å². The summed E-state index contributed by atoms with van der Waals surface area (Å²) in [5.74, 6) is 4.30. The Balaban J connectivity index is 3.24. The molecule has 0 N–H and O–H groups in total. The van der Waals surface area contributed by atoms with Gasteiger partial charge in [-0.2, -0.15) is 49.6 Å². The summed E-state index contributed by atoms with van der Waals surface area (Å²) in [5, 5.41) is 0.523. The van der Waals surface area contributed by atoms with E-state index in [9.17, 15) is 0 Å². The number of rotatable bonds is 8. The summed E-state index contributed by atoms with van der Waals surface area (Å²) in [7, 11) is 0. The fraction of sp³-hybridized carbons (Fsp3) is 1.00. The Bertz CT molecular complexity index is 109. The summed E-state index contributed by atoms with van der Waals surface area (Å²) in [6.45, 7) is 2.17. The summed E-state index contributed by atoms with van der Waals surface area (Å²) in [6, 6.07) is 0. The highest BCUT2D eigenvalue weighted by Crippen LogP contribution is 2.22. The first-order valence-corrected chi connectivity index (χ1v) is 8.23. The van der Waals surface area contributed by atoms with Gasteiger partial charge in [0.05, 0.1) is 4.58 Å². The molecule has 0 aliphatic rings. The van der Waals surface area contributed by atoms with Gasteiger partial charge in [-0.3, -0.25) is 0 Å². The molecule has 0 aromatic carbocycles. The summed E-state index contributed by atoms with van der Waals surface area (Å²) in [6.07, 6.45) is 1.14. The first-order chi connectivity index (χ1) is 6.20. The second kappa shape index (κ2) is 10.3. The van der Waals surface area contributed by atoms with Crippen LogP contribution in [0, 0.1) is 0 Å². The molecule has 0 spiro atoms. The molecule has 0 bridgehead atoms. The lowest BCUT2D eigenvalue weighted by Crippen LogP contribution is -2.06. The van der Waals surface area contributed by atoms with Gasteiger partial charge in [-0.05, 0) is 12.2 Å². The molecule has 0 aliphatic carbocycles. The van der Waals surface area contributed by atoms with Crippen molar-refractivity contribution >= 4 is 61.4 Å². The van der Waals surface area contributed by atoms with Crippen LogP contribution in [0.25, 0.3) is 0 Å². The third-order valence-corrected chi connectivity index (χ3v) is 6.07. The molecule has 0 aliphatic heterocycles. The van der Waals surface area contributed by atoms with Gasteiger partial charge in [-0.15, -0.1) is 11.8 Å². The first-order valence-electron chi connectivity index (χ1n) is 4.37. The zero-order valence-electron chi connectivity index (χ0n) is 7.85. The van der Waals surface area contributed by atoms with Crippen molar-refractivity contribution in [1.29, 1.82) is 0 Å². The quantitative estimate of drug-likeness (QED) is 0.353. The molecule has 0 saturated heterocycles. The Kier molecular flexibility index (Phi) is 11.7. The molecular formula is C8H18S5. The van der Waals surface area contributed by atoms with Crippen LogP contribution in [0.4, 0.5) is 0 Å². The SMILES string of the molecule is CCC(S)CSC(S)CSCCS. The van der Waals surface area contributed by atoms with Crippen molar-refractivity contribution in [2.75, 3.05) is 23.0 Å². The molecule has 0 amide bonds. The zero-order chi connectivity index (χ0) is 10.1. The van der Waals surface area contributed by atoms with Crippen molar-refractivity contribution in [1.82, 2.24) is 0 Å². The van der Waals surface area contributed by atoms with Crippen LogP contribution in [0.5, 0.6) is 0 Å². The lowest BCUT2D eigenvalue weighted by atomic mass is 10.4. The zero-order valence-corrected chi connectivity index (χ0v) is 12.2. The maximum absolute atomic E-state index is 4.50. The highest BCUT2D eigenvalue weighted by atomic mass is 32.2. The highest BCUT2D eigenvalue weighted by Gasteiger charge is 2.06. The minimum absolute atomic E-state index is 0.450. The Hall–Kier alpha value is 1.75. The Morgan fingerprint density at radius 2 is 1.92 bits per heavy atom. The van der Waals surface area contributed by atoms with Crippen LogP contribution in [-0.4, -0.2) is 32.8 Å². The predicted octanol–water partition coefficient (Wildman–Crippen LogP) is 3.35. The summed E-state index contributed by atoms with van der Waals surface area (Å²) >= 11 is 16.9. The first kappa shape index (κ1) is 14.8. The van der Waals surface area contributed by atoms with Crippen molar-refractivity contribution in [3.63, 3.8) is 0 Å². The lowest BCUT2D eigenvalue weighted by molar-refractivity contribution is 0.923.